The lowest BCUT2D eigenvalue weighted by Gasteiger charge is -2.21. The number of aromatic hydroxyl groups is 2. The summed E-state index contributed by atoms with van der Waals surface area (Å²) in [6.07, 6.45) is 3.11. The second kappa shape index (κ2) is 8.99. The summed E-state index contributed by atoms with van der Waals surface area (Å²) in [4.78, 5) is 11.3. The van der Waals surface area contributed by atoms with Crippen molar-refractivity contribution < 1.29 is 47.9 Å². The molecule has 0 aromatic heterocycles. The van der Waals surface area contributed by atoms with Crippen LogP contribution < -0.4 is 4.74 Å². The molecule has 29 heavy (non-hydrogen) atoms. The van der Waals surface area contributed by atoms with Crippen LogP contribution in [0.5, 0.6) is 17.2 Å². The first kappa shape index (κ1) is 21.4. The first-order valence-corrected chi connectivity index (χ1v) is 9.43. The normalized spacial score (nSPS) is 13.9. The Balaban J connectivity index is 1.71. The second-order valence-corrected chi connectivity index (χ2v) is 7.08. The number of rotatable bonds is 8. The quantitative estimate of drug-likeness (QED) is 0.143. The lowest BCUT2D eigenvalue weighted by Crippen LogP contribution is -2.28. The van der Waals surface area contributed by atoms with Crippen molar-refractivity contribution in [3.63, 3.8) is 0 Å². The molecule has 0 atom stereocenters. The molecule has 0 saturated carbocycles. The highest BCUT2D eigenvalue weighted by atomic mass is 32.2. The van der Waals surface area contributed by atoms with E-state index in [0.29, 0.717) is 29.2 Å². The molecule has 0 saturated heterocycles. The number of benzene rings is 2. The Bertz CT molecular complexity index is 905. The number of carbonyl (C=O) groups excluding carboxylic acids is 1. The molecular formula is C18H18F2O8S. The van der Waals surface area contributed by atoms with E-state index in [-0.39, 0.29) is 23.9 Å². The lowest BCUT2D eigenvalue weighted by atomic mass is 9.87. The number of phenolic OH excluding ortho intramolecular Hbond substituents is 2. The zero-order chi connectivity index (χ0) is 21.0. The molecule has 0 aliphatic heterocycles. The molecule has 3 N–H and O–H groups in total. The highest BCUT2D eigenvalue weighted by Gasteiger charge is 2.44. The predicted octanol–water partition coefficient (Wildman–Crippen LogP) is 3.71. The Kier molecular flexibility index (Phi) is 6.63. The summed E-state index contributed by atoms with van der Waals surface area (Å²) in [5, 5.41) is 28.8. The molecule has 8 nitrogen and oxygen atoms in total. The van der Waals surface area contributed by atoms with E-state index in [0.717, 1.165) is 18.4 Å². The van der Waals surface area contributed by atoms with Gasteiger partial charge in [0, 0.05) is 16.5 Å². The topological polar surface area (TPSA) is 115 Å². The van der Waals surface area contributed by atoms with E-state index in [4.69, 9.17) is 9.99 Å². The van der Waals surface area contributed by atoms with Crippen LogP contribution in [0.4, 0.5) is 8.78 Å². The van der Waals surface area contributed by atoms with Gasteiger partial charge in [-0.05, 0) is 31.7 Å². The minimum Gasteiger partial charge on any atom is -0.507 e. The van der Waals surface area contributed by atoms with Gasteiger partial charge in [-0.25, -0.2) is 10.1 Å². The minimum atomic E-state index is -4.09. The van der Waals surface area contributed by atoms with Gasteiger partial charge in [-0.1, -0.05) is 17.2 Å². The smallest absolute Gasteiger partial charge is 0.415 e. The summed E-state index contributed by atoms with van der Waals surface area (Å²) in [5.41, 5.74) is 1.40. The SMILES string of the molecule is O=C(OCCOc1cccc2c(O)c3c(c(O)c12)CCCC3)C(F)(F)SOOO. The van der Waals surface area contributed by atoms with Crippen molar-refractivity contribution in [2.24, 2.45) is 0 Å². The highest BCUT2D eigenvalue weighted by Crippen LogP contribution is 2.46. The van der Waals surface area contributed by atoms with E-state index in [1.807, 2.05) is 0 Å². The van der Waals surface area contributed by atoms with Crippen molar-refractivity contribution in [1.82, 2.24) is 0 Å². The Morgan fingerprint density at radius 3 is 2.48 bits per heavy atom. The van der Waals surface area contributed by atoms with Crippen LogP contribution in [0.2, 0.25) is 0 Å². The summed E-state index contributed by atoms with van der Waals surface area (Å²) in [5.74, 6) is -1.58. The van der Waals surface area contributed by atoms with Gasteiger partial charge in [0.2, 0.25) is 0 Å². The first-order valence-electron chi connectivity index (χ1n) is 8.69. The van der Waals surface area contributed by atoms with Crippen LogP contribution in [0.15, 0.2) is 18.2 Å². The van der Waals surface area contributed by atoms with Crippen LogP contribution in [0.1, 0.15) is 24.0 Å². The number of hydrogen-bond acceptors (Lipinski definition) is 9. The van der Waals surface area contributed by atoms with Gasteiger partial charge in [0.1, 0.15) is 42.5 Å². The fourth-order valence-electron chi connectivity index (χ4n) is 3.30. The summed E-state index contributed by atoms with van der Waals surface area (Å²) in [7, 11) is 0. The van der Waals surface area contributed by atoms with E-state index >= 15 is 0 Å². The number of alkyl halides is 2. The van der Waals surface area contributed by atoms with E-state index < -0.39 is 29.9 Å². The maximum atomic E-state index is 13.3. The molecule has 0 bridgehead atoms. The van der Waals surface area contributed by atoms with Gasteiger partial charge >= 0.3 is 11.2 Å². The third-order valence-corrected chi connectivity index (χ3v) is 5.04. The van der Waals surface area contributed by atoms with Crippen molar-refractivity contribution in [2.45, 2.75) is 30.9 Å². The van der Waals surface area contributed by atoms with Crippen LogP contribution in [0.3, 0.4) is 0 Å². The average molecular weight is 432 g/mol. The number of phenols is 2. The zero-order valence-electron chi connectivity index (χ0n) is 15.0. The number of fused-ring (bicyclic) bond motifs is 2. The molecule has 2 aromatic carbocycles. The maximum Gasteiger partial charge on any atom is 0.415 e. The molecule has 0 spiro atoms. The second-order valence-electron chi connectivity index (χ2n) is 6.27. The average Bonchev–Trinajstić information content (AvgIpc) is 2.73. The molecule has 0 heterocycles. The van der Waals surface area contributed by atoms with E-state index in [2.05, 4.69) is 14.1 Å². The van der Waals surface area contributed by atoms with E-state index in [1.54, 1.807) is 18.2 Å². The van der Waals surface area contributed by atoms with Crippen LogP contribution in [0.25, 0.3) is 10.8 Å². The van der Waals surface area contributed by atoms with Crippen LogP contribution in [-0.4, -0.2) is 39.9 Å². The molecule has 0 fully saturated rings. The Morgan fingerprint density at radius 1 is 1.10 bits per heavy atom. The maximum absolute atomic E-state index is 13.3. The summed E-state index contributed by atoms with van der Waals surface area (Å²) in [6, 6.07) is 4.82. The molecule has 11 heteroatoms. The molecule has 0 unspecified atom stereocenters. The number of carbonyl (C=O) groups is 1. The van der Waals surface area contributed by atoms with Crippen molar-refractivity contribution in [1.29, 1.82) is 0 Å². The van der Waals surface area contributed by atoms with Crippen LogP contribution >= 0.6 is 12.0 Å². The molecule has 1 aliphatic carbocycles. The molecule has 0 amide bonds. The first-order chi connectivity index (χ1) is 13.9. The van der Waals surface area contributed by atoms with E-state index in [9.17, 15) is 23.8 Å². The van der Waals surface area contributed by atoms with Gasteiger partial charge < -0.3 is 19.7 Å². The minimum absolute atomic E-state index is 0.0178. The monoisotopic (exact) mass is 432 g/mol. The van der Waals surface area contributed by atoms with Crippen molar-refractivity contribution >= 4 is 28.8 Å². The summed E-state index contributed by atoms with van der Waals surface area (Å²) >= 11 is -0.722. The largest absolute Gasteiger partial charge is 0.507 e. The van der Waals surface area contributed by atoms with Gasteiger partial charge in [0.15, 0.2) is 0 Å². The van der Waals surface area contributed by atoms with Gasteiger partial charge in [-0.3, -0.25) is 0 Å². The van der Waals surface area contributed by atoms with Crippen LogP contribution in [-0.2, 0) is 31.7 Å². The van der Waals surface area contributed by atoms with Crippen molar-refractivity contribution in [2.75, 3.05) is 13.2 Å². The molecule has 158 valence electrons. The van der Waals surface area contributed by atoms with Crippen molar-refractivity contribution in [3.8, 4) is 17.2 Å². The van der Waals surface area contributed by atoms with Gasteiger partial charge in [-0.2, -0.15) is 8.78 Å². The number of hydrogen-bond donors (Lipinski definition) is 3. The fourth-order valence-corrected chi connectivity index (χ4v) is 3.54. The standard InChI is InChI=1S/C18H18F2O8S/c19-18(20,29-28-27-24)17(23)26-9-8-25-13-7-3-6-12-14(13)16(22)11-5-2-1-4-10(11)15(12)21/h3,6-7,21-22,24H,1-2,4-5,8-9H2. The number of esters is 1. The van der Waals surface area contributed by atoms with E-state index in [1.165, 1.54) is 0 Å². The Labute approximate surface area is 168 Å². The predicted molar refractivity (Wildman–Crippen MR) is 97.7 cm³/mol. The number of ether oxygens (including phenoxy) is 2. The Hall–Kier alpha value is -2.34. The van der Waals surface area contributed by atoms with Crippen molar-refractivity contribution in [3.05, 3.63) is 29.3 Å². The fraction of sp³-hybridized carbons (Fsp3) is 0.389. The third kappa shape index (κ3) is 4.47. The highest BCUT2D eigenvalue weighted by molar-refractivity contribution is 7.96. The number of halogens is 2. The molecule has 2 aromatic rings. The lowest BCUT2D eigenvalue weighted by molar-refractivity contribution is -0.433. The zero-order valence-corrected chi connectivity index (χ0v) is 15.8. The molecule has 0 radical (unpaired) electrons. The third-order valence-electron chi connectivity index (χ3n) is 4.54. The summed E-state index contributed by atoms with van der Waals surface area (Å²) in [6.45, 7) is -0.788. The van der Waals surface area contributed by atoms with Gasteiger partial charge in [-0.15, -0.1) is 4.33 Å². The summed E-state index contributed by atoms with van der Waals surface area (Å²) < 4.78 is 40.0. The molecular weight excluding hydrogens is 414 g/mol. The van der Waals surface area contributed by atoms with Gasteiger partial charge in [0.05, 0.1) is 5.39 Å². The Morgan fingerprint density at radius 2 is 1.79 bits per heavy atom. The molecule has 3 rings (SSSR count). The van der Waals surface area contributed by atoms with Gasteiger partial charge in [0.25, 0.3) is 0 Å². The van der Waals surface area contributed by atoms with Crippen LogP contribution in [0, 0.1) is 0 Å². The molecule has 1 aliphatic rings.